The fraction of sp³-hybridized carbons (Fsp3) is 0. The molecule has 0 fully saturated rings. The van der Waals surface area contributed by atoms with Gasteiger partial charge in [0.2, 0.25) is 5.82 Å². The predicted molar refractivity (Wildman–Crippen MR) is 45.8 cm³/mol. The van der Waals surface area contributed by atoms with Crippen LogP contribution >= 0.6 is 27.5 Å². The van der Waals surface area contributed by atoms with E-state index in [4.69, 9.17) is 11.6 Å². The van der Waals surface area contributed by atoms with Gasteiger partial charge in [-0.1, -0.05) is 11.6 Å². The number of hydrogen-bond donors (Lipinski definition) is 0. The fourth-order valence-corrected chi connectivity index (χ4v) is 1.63. The van der Waals surface area contributed by atoms with Crippen molar-refractivity contribution in [1.82, 2.24) is 0 Å². The van der Waals surface area contributed by atoms with E-state index in [2.05, 4.69) is 15.9 Å². The lowest BCUT2D eigenvalue weighted by atomic mass is 10.3. The summed E-state index contributed by atoms with van der Waals surface area (Å²) in [5.41, 5.74) is -0.598. The van der Waals surface area contributed by atoms with Crippen LogP contribution in [0, 0.1) is 15.9 Å². The third kappa shape index (κ3) is 1.73. The van der Waals surface area contributed by atoms with Gasteiger partial charge >= 0.3 is 5.69 Å². The number of nitrogens with zero attached hydrogens (tertiary/aromatic N) is 1. The molecule has 0 aliphatic carbocycles. The molecule has 0 aromatic heterocycles. The van der Waals surface area contributed by atoms with Crippen LogP contribution in [-0.4, -0.2) is 4.92 Å². The average molecular weight is 254 g/mol. The number of halogens is 3. The van der Waals surface area contributed by atoms with E-state index in [1.165, 1.54) is 6.07 Å². The molecule has 0 aliphatic rings. The molecule has 0 saturated carbocycles. The highest BCUT2D eigenvalue weighted by molar-refractivity contribution is 9.10. The highest BCUT2D eigenvalue weighted by Crippen LogP contribution is 2.30. The molecule has 6 heteroatoms. The Balaban J connectivity index is 3.38. The standard InChI is InChI=1S/C6H2BrClFNO2/c7-4-1-3(8)2-5(9)6(4)10(11)12/h1-2H. The summed E-state index contributed by atoms with van der Waals surface area (Å²) >= 11 is 8.27. The second-order valence-corrected chi connectivity index (χ2v) is 3.27. The van der Waals surface area contributed by atoms with Gasteiger partial charge in [0, 0.05) is 5.02 Å². The first-order valence-corrected chi connectivity index (χ1v) is 3.98. The largest absolute Gasteiger partial charge is 0.318 e. The van der Waals surface area contributed by atoms with Gasteiger partial charge in [0.15, 0.2) is 0 Å². The Labute approximate surface area is 80.4 Å². The first-order chi connectivity index (χ1) is 5.52. The van der Waals surface area contributed by atoms with Gasteiger partial charge in [0.05, 0.1) is 9.40 Å². The minimum atomic E-state index is -0.945. The minimum absolute atomic E-state index is 0.0394. The third-order valence-corrected chi connectivity index (χ3v) is 1.99. The van der Waals surface area contributed by atoms with Crippen molar-refractivity contribution in [3.8, 4) is 0 Å². The summed E-state index contributed by atoms with van der Waals surface area (Å²) in [7, 11) is 0. The lowest BCUT2D eigenvalue weighted by molar-refractivity contribution is -0.388. The van der Waals surface area contributed by atoms with Crippen molar-refractivity contribution in [2.24, 2.45) is 0 Å². The van der Waals surface area contributed by atoms with Crippen molar-refractivity contribution in [1.29, 1.82) is 0 Å². The number of hydrogen-bond acceptors (Lipinski definition) is 2. The summed E-state index contributed by atoms with van der Waals surface area (Å²) in [6, 6.07) is 2.16. The molecule has 64 valence electrons. The van der Waals surface area contributed by atoms with Gasteiger partial charge < -0.3 is 0 Å². The average Bonchev–Trinajstić information content (AvgIpc) is 1.82. The molecule has 0 bridgehead atoms. The number of rotatable bonds is 1. The molecule has 0 N–H and O–H groups in total. The summed E-state index contributed by atoms with van der Waals surface area (Å²) in [6.07, 6.45) is 0. The molecule has 12 heavy (non-hydrogen) atoms. The molecule has 0 amide bonds. The quantitative estimate of drug-likeness (QED) is 0.571. The van der Waals surface area contributed by atoms with Crippen LogP contribution in [0.15, 0.2) is 16.6 Å². The van der Waals surface area contributed by atoms with Crippen LogP contribution in [0.3, 0.4) is 0 Å². The van der Waals surface area contributed by atoms with Crippen LogP contribution in [0.2, 0.25) is 5.02 Å². The highest BCUT2D eigenvalue weighted by atomic mass is 79.9. The van der Waals surface area contributed by atoms with Gasteiger partial charge in [-0.25, -0.2) is 0 Å². The lowest BCUT2D eigenvalue weighted by Gasteiger charge is -1.96. The van der Waals surface area contributed by atoms with Crippen molar-refractivity contribution in [3.05, 3.63) is 37.6 Å². The smallest absolute Gasteiger partial charge is 0.258 e. The molecule has 0 atom stereocenters. The zero-order chi connectivity index (χ0) is 9.30. The van der Waals surface area contributed by atoms with Crippen LogP contribution in [0.1, 0.15) is 0 Å². The second kappa shape index (κ2) is 3.37. The van der Waals surface area contributed by atoms with Gasteiger partial charge in [-0.2, -0.15) is 4.39 Å². The Morgan fingerprint density at radius 3 is 2.58 bits per heavy atom. The molecule has 3 nitrogen and oxygen atoms in total. The van der Waals surface area contributed by atoms with Crippen molar-refractivity contribution in [2.45, 2.75) is 0 Å². The molecule has 1 rings (SSSR count). The molecule has 0 aliphatic heterocycles. The summed E-state index contributed by atoms with van der Waals surface area (Å²) in [4.78, 5) is 9.44. The second-order valence-electron chi connectivity index (χ2n) is 1.98. The van der Waals surface area contributed by atoms with E-state index in [1.54, 1.807) is 0 Å². The lowest BCUT2D eigenvalue weighted by Crippen LogP contribution is -1.93. The van der Waals surface area contributed by atoms with E-state index < -0.39 is 16.4 Å². The van der Waals surface area contributed by atoms with Crippen molar-refractivity contribution >= 4 is 33.2 Å². The zero-order valence-corrected chi connectivity index (χ0v) is 7.89. The van der Waals surface area contributed by atoms with E-state index in [0.29, 0.717) is 0 Å². The molecule has 0 saturated heterocycles. The summed E-state index contributed by atoms with van der Waals surface area (Å²) in [5, 5.41) is 10.4. The van der Waals surface area contributed by atoms with E-state index in [0.717, 1.165) is 6.07 Å². The van der Waals surface area contributed by atoms with Gasteiger partial charge in [0.25, 0.3) is 0 Å². The molecule has 0 radical (unpaired) electrons. The van der Waals surface area contributed by atoms with Crippen LogP contribution in [0.5, 0.6) is 0 Å². The Morgan fingerprint density at radius 2 is 2.17 bits per heavy atom. The Hall–Kier alpha value is -0.680. The molecule has 1 aromatic rings. The molecular formula is C6H2BrClFNO2. The minimum Gasteiger partial charge on any atom is -0.258 e. The van der Waals surface area contributed by atoms with Crippen molar-refractivity contribution in [2.75, 3.05) is 0 Å². The first-order valence-electron chi connectivity index (χ1n) is 2.81. The van der Waals surface area contributed by atoms with Crippen molar-refractivity contribution < 1.29 is 9.31 Å². The van der Waals surface area contributed by atoms with E-state index >= 15 is 0 Å². The van der Waals surface area contributed by atoms with E-state index in [-0.39, 0.29) is 9.50 Å². The van der Waals surface area contributed by atoms with Crippen LogP contribution in [0.25, 0.3) is 0 Å². The monoisotopic (exact) mass is 253 g/mol. The summed E-state index contributed by atoms with van der Waals surface area (Å²) < 4.78 is 12.8. The highest BCUT2D eigenvalue weighted by Gasteiger charge is 2.19. The maximum absolute atomic E-state index is 12.8. The normalized spacial score (nSPS) is 9.92. The van der Waals surface area contributed by atoms with Gasteiger partial charge in [-0.05, 0) is 28.1 Å². The zero-order valence-electron chi connectivity index (χ0n) is 5.55. The maximum Gasteiger partial charge on any atom is 0.318 e. The van der Waals surface area contributed by atoms with Crippen LogP contribution in [0.4, 0.5) is 10.1 Å². The Kier molecular flexibility index (Phi) is 2.64. The molecule has 0 unspecified atom stereocenters. The third-order valence-electron chi connectivity index (χ3n) is 1.16. The fourth-order valence-electron chi connectivity index (χ4n) is 0.709. The van der Waals surface area contributed by atoms with Gasteiger partial charge in [0.1, 0.15) is 0 Å². The molecule has 0 spiro atoms. The predicted octanol–water partition coefficient (Wildman–Crippen LogP) is 3.15. The number of nitro groups is 1. The molecule has 0 heterocycles. The Morgan fingerprint density at radius 1 is 1.58 bits per heavy atom. The van der Waals surface area contributed by atoms with Gasteiger partial charge in [-0.3, -0.25) is 10.1 Å². The van der Waals surface area contributed by atoms with E-state index in [9.17, 15) is 14.5 Å². The van der Waals surface area contributed by atoms with Crippen LogP contribution < -0.4 is 0 Å². The molecule has 1 aromatic carbocycles. The van der Waals surface area contributed by atoms with Crippen molar-refractivity contribution in [3.63, 3.8) is 0 Å². The molecular weight excluding hydrogens is 252 g/mol. The summed E-state index contributed by atoms with van der Waals surface area (Å²) in [6.45, 7) is 0. The van der Waals surface area contributed by atoms with E-state index in [1.807, 2.05) is 0 Å². The topological polar surface area (TPSA) is 43.1 Å². The number of nitro benzene ring substituents is 1. The maximum atomic E-state index is 12.8. The SMILES string of the molecule is O=[N+]([O-])c1c(F)cc(Cl)cc1Br. The Bertz CT molecular complexity index is 321. The van der Waals surface area contributed by atoms with Crippen LogP contribution in [-0.2, 0) is 0 Å². The first kappa shape index (κ1) is 9.41. The number of benzene rings is 1. The van der Waals surface area contributed by atoms with Gasteiger partial charge in [-0.15, -0.1) is 0 Å². The summed E-state index contributed by atoms with van der Waals surface area (Å²) in [5.74, 6) is -0.945.